The number of ketones is 3. The highest BCUT2D eigenvalue weighted by Crippen LogP contribution is 2.32. The second kappa shape index (κ2) is 7.41. The summed E-state index contributed by atoms with van der Waals surface area (Å²) in [6.45, 7) is 1.32. The van der Waals surface area contributed by atoms with Crippen molar-refractivity contribution in [2.24, 2.45) is 0 Å². The predicted octanol–water partition coefficient (Wildman–Crippen LogP) is 3.19. The molecule has 0 amide bonds. The van der Waals surface area contributed by atoms with Crippen LogP contribution in [0.25, 0.3) is 0 Å². The van der Waals surface area contributed by atoms with Crippen LogP contribution < -0.4 is 5.32 Å². The summed E-state index contributed by atoms with van der Waals surface area (Å²) in [5, 5.41) is 3.25. The van der Waals surface area contributed by atoms with E-state index in [1.54, 1.807) is 42.5 Å². The molecule has 1 unspecified atom stereocenters. The Morgan fingerprint density at radius 1 is 1.00 bits per heavy atom. The summed E-state index contributed by atoms with van der Waals surface area (Å²) in [5.41, 5.74) is 2.81. The first-order valence-corrected chi connectivity index (χ1v) is 10.3. The molecule has 1 aromatic heterocycles. The number of hydrogen-bond donors (Lipinski definition) is 1. The van der Waals surface area contributed by atoms with E-state index in [0.29, 0.717) is 41.1 Å². The first-order chi connectivity index (χ1) is 14.9. The quantitative estimate of drug-likeness (QED) is 0.517. The molecule has 0 fully saturated rings. The van der Waals surface area contributed by atoms with Gasteiger partial charge in [0.1, 0.15) is 17.6 Å². The third-order valence-corrected chi connectivity index (χ3v) is 5.84. The van der Waals surface area contributed by atoms with E-state index in [0.717, 1.165) is 17.7 Å². The van der Waals surface area contributed by atoms with Crippen LogP contribution in [-0.4, -0.2) is 42.9 Å². The largest absolute Gasteiger partial charge is 0.462 e. The number of carbonyl (C=O) groups is 3. The normalized spacial score (nSPS) is 17.3. The average molecular weight is 414 g/mol. The average Bonchev–Trinajstić information content (AvgIpc) is 3.18. The van der Waals surface area contributed by atoms with Gasteiger partial charge in [0.05, 0.1) is 6.54 Å². The molecule has 0 spiro atoms. The van der Waals surface area contributed by atoms with Crippen molar-refractivity contribution in [1.29, 1.82) is 0 Å². The van der Waals surface area contributed by atoms with Gasteiger partial charge in [0.2, 0.25) is 0 Å². The topological polar surface area (TPSA) is 79.6 Å². The maximum absolute atomic E-state index is 13.4. The lowest BCUT2D eigenvalue weighted by molar-refractivity contribution is 0.0924. The zero-order valence-corrected chi connectivity index (χ0v) is 17.4. The van der Waals surface area contributed by atoms with E-state index in [4.69, 9.17) is 4.42 Å². The van der Waals surface area contributed by atoms with E-state index in [-0.39, 0.29) is 22.9 Å². The van der Waals surface area contributed by atoms with Gasteiger partial charge in [-0.05, 0) is 44.3 Å². The van der Waals surface area contributed by atoms with Gasteiger partial charge in [-0.15, -0.1) is 0 Å². The summed E-state index contributed by atoms with van der Waals surface area (Å²) in [6.07, 6.45) is 0.796. The lowest BCUT2D eigenvalue weighted by atomic mass is 9.82. The van der Waals surface area contributed by atoms with Crippen molar-refractivity contribution < 1.29 is 18.8 Å². The van der Waals surface area contributed by atoms with E-state index in [1.807, 2.05) is 25.1 Å². The summed E-state index contributed by atoms with van der Waals surface area (Å²) >= 11 is 0. The molecule has 156 valence electrons. The van der Waals surface area contributed by atoms with E-state index in [2.05, 4.69) is 5.32 Å². The predicted molar refractivity (Wildman–Crippen MR) is 115 cm³/mol. The first-order valence-electron chi connectivity index (χ1n) is 10.3. The number of nitrogens with one attached hydrogen (secondary N) is 1. The second-order valence-electron chi connectivity index (χ2n) is 8.31. The molecule has 1 N–H and O–H groups in total. The molecular formula is C25H22N2O4. The van der Waals surface area contributed by atoms with Crippen molar-refractivity contribution in [3.63, 3.8) is 0 Å². The highest BCUT2D eigenvalue weighted by atomic mass is 16.3. The third kappa shape index (κ3) is 3.24. The summed E-state index contributed by atoms with van der Waals surface area (Å²) in [6, 6.07) is 13.0. The third-order valence-electron chi connectivity index (χ3n) is 5.84. The first kappa shape index (κ1) is 19.6. The Labute approximate surface area is 179 Å². The van der Waals surface area contributed by atoms with Crippen molar-refractivity contribution in [1.82, 2.24) is 10.2 Å². The second-order valence-corrected chi connectivity index (χ2v) is 8.31. The molecule has 0 bridgehead atoms. The van der Waals surface area contributed by atoms with Gasteiger partial charge < -0.3 is 14.6 Å². The SMILES string of the molecule is CN(C)Cc1cc2c(o1)C(C(=O)c1ccc3c(c1)C(=O)c1ccccc1C3=O)NCC2. The Hall–Kier alpha value is -3.35. The molecule has 31 heavy (non-hydrogen) atoms. The van der Waals surface area contributed by atoms with Crippen molar-refractivity contribution in [2.45, 2.75) is 19.0 Å². The highest BCUT2D eigenvalue weighted by molar-refractivity contribution is 6.28. The molecule has 2 aliphatic rings. The van der Waals surface area contributed by atoms with E-state index in [1.165, 1.54) is 0 Å². The molecule has 1 aliphatic heterocycles. The van der Waals surface area contributed by atoms with Crippen LogP contribution in [-0.2, 0) is 13.0 Å². The van der Waals surface area contributed by atoms with Gasteiger partial charge in [-0.3, -0.25) is 14.4 Å². The van der Waals surface area contributed by atoms with Crippen molar-refractivity contribution >= 4 is 17.3 Å². The van der Waals surface area contributed by atoms with Gasteiger partial charge >= 0.3 is 0 Å². The van der Waals surface area contributed by atoms with E-state index < -0.39 is 6.04 Å². The summed E-state index contributed by atoms with van der Waals surface area (Å²) in [4.78, 5) is 41.2. The van der Waals surface area contributed by atoms with Crippen molar-refractivity contribution in [3.05, 3.63) is 93.4 Å². The van der Waals surface area contributed by atoms with Crippen LogP contribution in [0.1, 0.15) is 65.3 Å². The van der Waals surface area contributed by atoms with Gasteiger partial charge in [-0.1, -0.05) is 30.3 Å². The maximum atomic E-state index is 13.4. The maximum Gasteiger partial charge on any atom is 0.194 e. The molecule has 0 radical (unpaired) electrons. The molecule has 0 saturated carbocycles. The Bertz CT molecular complexity index is 1240. The highest BCUT2D eigenvalue weighted by Gasteiger charge is 2.34. The molecule has 5 rings (SSSR count). The molecule has 3 aromatic rings. The molecule has 2 heterocycles. The fraction of sp³-hybridized carbons (Fsp3) is 0.240. The van der Waals surface area contributed by atoms with E-state index in [9.17, 15) is 14.4 Å². The summed E-state index contributed by atoms with van der Waals surface area (Å²) in [5.74, 6) is 0.858. The smallest absolute Gasteiger partial charge is 0.194 e. The fourth-order valence-corrected chi connectivity index (χ4v) is 4.41. The zero-order chi connectivity index (χ0) is 21.7. The van der Waals surface area contributed by atoms with Crippen LogP contribution in [0.4, 0.5) is 0 Å². The molecular weight excluding hydrogens is 392 g/mol. The van der Waals surface area contributed by atoms with Crippen LogP contribution >= 0.6 is 0 Å². The molecule has 6 nitrogen and oxygen atoms in total. The van der Waals surface area contributed by atoms with Gasteiger partial charge in [-0.2, -0.15) is 0 Å². The van der Waals surface area contributed by atoms with Gasteiger partial charge in [0.25, 0.3) is 0 Å². The fourth-order valence-electron chi connectivity index (χ4n) is 4.41. The molecule has 0 saturated heterocycles. The minimum absolute atomic E-state index is 0.173. The number of fused-ring (bicyclic) bond motifs is 3. The molecule has 2 aromatic carbocycles. The van der Waals surface area contributed by atoms with Crippen LogP contribution in [0.3, 0.4) is 0 Å². The van der Waals surface area contributed by atoms with Crippen LogP contribution in [0.5, 0.6) is 0 Å². The Balaban J connectivity index is 1.50. The van der Waals surface area contributed by atoms with Gasteiger partial charge in [-0.25, -0.2) is 0 Å². The lowest BCUT2D eigenvalue weighted by Crippen LogP contribution is -2.34. The molecule has 1 atom stereocenters. The number of benzene rings is 2. The lowest BCUT2D eigenvalue weighted by Gasteiger charge is -2.23. The van der Waals surface area contributed by atoms with Gasteiger partial charge in [0.15, 0.2) is 17.3 Å². The number of rotatable bonds is 4. The standard InChI is InChI=1S/C25H22N2O4/c1-27(2)13-16-11-15-9-10-26-21(25(15)31-16)22(28)14-7-8-19-20(12-14)24(30)18-6-4-3-5-17(18)23(19)29/h3-8,11-12,21,26H,9-10,13H2,1-2H3. The Kier molecular flexibility index (Phi) is 4.68. The Morgan fingerprint density at radius 2 is 1.68 bits per heavy atom. The van der Waals surface area contributed by atoms with Crippen LogP contribution in [0.15, 0.2) is 52.9 Å². The van der Waals surface area contributed by atoms with Crippen molar-refractivity contribution in [3.8, 4) is 0 Å². The minimum atomic E-state index is -0.612. The minimum Gasteiger partial charge on any atom is -0.462 e. The molecule has 1 aliphatic carbocycles. The molecule has 6 heteroatoms. The summed E-state index contributed by atoms with van der Waals surface area (Å²) < 4.78 is 6.02. The number of furan rings is 1. The van der Waals surface area contributed by atoms with Crippen LogP contribution in [0, 0.1) is 0 Å². The number of hydrogen-bond acceptors (Lipinski definition) is 6. The summed E-state index contributed by atoms with van der Waals surface area (Å²) in [7, 11) is 3.93. The monoisotopic (exact) mass is 414 g/mol. The van der Waals surface area contributed by atoms with Crippen molar-refractivity contribution in [2.75, 3.05) is 20.6 Å². The number of nitrogens with zero attached hydrogens (tertiary/aromatic N) is 1. The van der Waals surface area contributed by atoms with E-state index >= 15 is 0 Å². The number of carbonyl (C=O) groups excluding carboxylic acids is 3. The van der Waals surface area contributed by atoms with Gasteiger partial charge in [0, 0.05) is 34.4 Å². The van der Waals surface area contributed by atoms with Crippen LogP contribution in [0.2, 0.25) is 0 Å². The number of Topliss-reactive ketones (excluding diaryl/α,β-unsaturated/α-hetero) is 1. The zero-order valence-electron chi connectivity index (χ0n) is 17.4. The Morgan fingerprint density at radius 3 is 2.39 bits per heavy atom.